The van der Waals surface area contributed by atoms with E-state index < -0.39 is 11.9 Å². The monoisotopic (exact) mass is 500 g/mol. The number of benzene rings is 1. The van der Waals surface area contributed by atoms with E-state index in [1.807, 2.05) is 17.5 Å². The van der Waals surface area contributed by atoms with Gasteiger partial charge in [0.25, 0.3) is 0 Å². The second-order valence-corrected chi connectivity index (χ2v) is 8.67. The third-order valence-corrected chi connectivity index (χ3v) is 5.79. The molecule has 0 radical (unpaired) electrons. The number of hydrogen-bond acceptors (Lipinski definition) is 8. The van der Waals surface area contributed by atoms with Gasteiger partial charge in [0.05, 0.1) is 36.8 Å². The summed E-state index contributed by atoms with van der Waals surface area (Å²) in [5.74, 6) is -0.965. The van der Waals surface area contributed by atoms with Gasteiger partial charge in [0.15, 0.2) is 0 Å². The van der Waals surface area contributed by atoms with Crippen LogP contribution in [0, 0.1) is 0 Å². The molecule has 3 amide bonds. The van der Waals surface area contributed by atoms with E-state index in [9.17, 15) is 14.4 Å². The molecule has 0 aliphatic carbocycles. The maximum Gasteiger partial charge on any atom is 0.243 e. The van der Waals surface area contributed by atoms with Crippen molar-refractivity contribution in [2.75, 3.05) is 38.7 Å². The van der Waals surface area contributed by atoms with E-state index in [0.717, 1.165) is 10.6 Å². The lowest BCUT2D eigenvalue weighted by atomic mass is 10.1. The largest absolute Gasteiger partial charge is 0.377 e. The third-order valence-electron chi connectivity index (χ3n) is 3.89. The van der Waals surface area contributed by atoms with Gasteiger partial charge < -0.3 is 25.8 Å². The summed E-state index contributed by atoms with van der Waals surface area (Å²) in [5.41, 5.74) is 7.36. The van der Waals surface area contributed by atoms with Gasteiger partial charge in [-0.15, -0.1) is 23.1 Å². The molecule has 2 rings (SSSR count). The Kier molecular flexibility index (Phi) is 12.1. The van der Waals surface area contributed by atoms with Crippen LogP contribution in [0.5, 0.6) is 0 Å². The number of primary amides is 1. The Morgan fingerprint density at radius 3 is 2.59 bits per heavy atom. The first-order chi connectivity index (χ1) is 15.4. The molecule has 1 aromatic carbocycles. The molecule has 0 aliphatic heterocycles. The van der Waals surface area contributed by atoms with Crippen molar-refractivity contribution in [2.24, 2.45) is 5.73 Å². The van der Waals surface area contributed by atoms with E-state index >= 15 is 0 Å². The van der Waals surface area contributed by atoms with Gasteiger partial charge in [0.2, 0.25) is 17.7 Å². The van der Waals surface area contributed by atoms with Crippen molar-refractivity contribution in [3.8, 4) is 0 Å². The fourth-order valence-electron chi connectivity index (χ4n) is 2.43. The van der Waals surface area contributed by atoms with E-state index in [4.69, 9.17) is 26.8 Å². The number of thioether (sulfide) groups is 1. The van der Waals surface area contributed by atoms with Crippen LogP contribution in [0.15, 0.2) is 40.1 Å². The van der Waals surface area contributed by atoms with Crippen LogP contribution < -0.4 is 16.4 Å². The van der Waals surface area contributed by atoms with E-state index in [1.165, 1.54) is 23.1 Å². The second-order valence-electron chi connectivity index (χ2n) is 6.47. The van der Waals surface area contributed by atoms with Gasteiger partial charge in [-0.3, -0.25) is 14.4 Å². The lowest BCUT2D eigenvalue weighted by Gasteiger charge is -2.18. The minimum Gasteiger partial charge on any atom is -0.377 e. The lowest BCUT2D eigenvalue weighted by Crippen LogP contribution is -2.49. The number of nitrogens with zero attached hydrogens (tertiary/aromatic N) is 1. The first kappa shape index (κ1) is 26.1. The topological polar surface area (TPSA) is 133 Å². The molecule has 12 heteroatoms. The number of rotatable bonds is 15. The van der Waals surface area contributed by atoms with Gasteiger partial charge in [0.1, 0.15) is 12.6 Å². The van der Waals surface area contributed by atoms with Crippen LogP contribution in [0.2, 0.25) is 5.02 Å². The zero-order chi connectivity index (χ0) is 23.2. The van der Waals surface area contributed by atoms with Crippen molar-refractivity contribution in [3.05, 3.63) is 45.9 Å². The summed E-state index contributed by atoms with van der Waals surface area (Å²) in [6.45, 7) is 0.857. The molecule has 0 aliphatic rings. The number of carbonyl (C=O) groups excluding carboxylic acids is 3. The summed E-state index contributed by atoms with van der Waals surface area (Å²) in [6.07, 6.45) is 0.286. The first-order valence-electron chi connectivity index (χ1n) is 9.70. The number of nitrogens with one attached hydrogen (secondary N) is 2. The number of carbonyl (C=O) groups is 3. The van der Waals surface area contributed by atoms with Crippen molar-refractivity contribution in [2.45, 2.75) is 17.4 Å². The molecule has 1 heterocycles. The zero-order valence-electron chi connectivity index (χ0n) is 17.3. The van der Waals surface area contributed by atoms with Crippen LogP contribution >= 0.6 is 34.7 Å². The van der Waals surface area contributed by atoms with E-state index in [-0.39, 0.29) is 57.0 Å². The second kappa shape index (κ2) is 14.8. The van der Waals surface area contributed by atoms with Crippen LogP contribution in [0.1, 0.15) is 5.69 Å². The fourth-order valence-corrected chi connectivity index (χ4v) is 3.84. The molecule has 0 saturated carbocycles. The number of thiazole rings is 1. The summed E-state index contributed by atoms with van der Waals surface area (Å²) < 4.78 is 10.3. The molecule has 0 bridgehead atoms. The lowest BCUT2D eigenvalue weighted by molar-refractivity contribution is -0.128. The van der Waals surface area contributed by atoms with Crippen LogP contribution in [0.25, 0.3) is 0 Å². The van der Waals surface area contributed by atoms with Gasteiger partial charge in [-0.05, 0) is 24.3 Å². The van der Waals surface area contributed by atoms with Crippen LogP contribution in [-0.4, -0.2) is 67.5 Å². The molecule has 0 spiro atoms. The molecule has 174 valence electrons. The highest BCUT2D eigenvalue weighted by atomic mass is 35.5. The maximum atomic E-state index is 12.6. The van der Waals surface area contributed by atoms with Gasteiger partial charge in [0, 0.05) is 28.3 Å². The van der Waals surface area contributed by atoms with Gasteiger partial charge in [-0.2, -0.15) is 0 Å². The van der Waals surface area contributed by atoms with Gasteiger partial charge >= 0.3 is 0 Å². The van der Waals surface area contributed by atoms with Crippen molar-refractivity contribution in [3.63, 3.8) is 0 Å². The molecular weight excluding hydrogens is 476 g/mol. The Bertz CT molecular complexity index is 852. The quantitative estimate of drug-likeness (QED) is 0.247. The minimum atomic E-state index is -0.755. The molecule has 2 aromatic rings. The first-order valence-corrected chi connectivity index (χ1v) is 12.0. The molecule has 1 atom stereocenters. The predicted octanol–water partition coefficient (Wildman–Crippen LogP) is 1.25. The fraction of sp³-hybridized carbons (Fsp3) is 0.400. The number of aromatic nitrogens is 1. The number of nitrogens with two attached hydrogens (primary N) is 1. The molecule has 32 heavy (non-hydrogen) atoms. The SMILES string of the molecule is NC(=O)COCCOCCNC(=O)C(Cc1cscn1)NC(=O)CSc1ccc(Cl)cc1. The van der Waals surface area contributed by atoms with Gasteiger partial charge in [-0.25, -0.2) is 4.98 Å². The van der Waals surface area contributed by atoms with Crippen molar-refractivity contribution < 1.29 is 23.9 Å². The Hall–Kier alpha value is -2.18. The average Bonchev–Trinajstić information content (AvgIpc) is 3.27. The highest BCUT2D eigenvalue weighted by molar-refractivity contribution is 8.00. The van der Waals surface area contributed by atoms with E-state index in [0.29, 0.717) is 5.02 Å². The molecule has 1 unspecified atom stereocenters. The number of halogens is 1. The Morgan fingerprint density at radius 2 is 1.91 bits per heavy atom. The van der Waals surface area contributed by atoms with Crippen LogP contribution in [-0.2, 0) is 30.3 Å². The van der Waals surface area contributed by atoms with Crippen molar-refractivity contribution in [1.29, 1.82) is 0 Å². The minimum absolute atomic E-state index is 0.158. The normalized spacial score (nSPS) is 11.7. The standard InChI is InChI=1S/C20H25ClN4O5S2/c21-14-1-3-16(4-2-14)32-12-19(27)25-17(9-15-11-31-13-24-15)20(28)23-5-6-29-7-8-30-10-18(22)26/h1-4,11,13,17H,5-10,12H2,(H2,22,26)(H,23,28)(H,25,27). The molecule has 9 nitrogen and oxygen atoms in total. The van der Waals surface area contributed by atoms with Crippen molar-refractivity contribution in [1.82, 2.24) is 15.6 Å². The van der Waals surface area contributed by atoms with Crippen LogP contribution in [0.3, 0.4) is 0 Å². The zero-order valence-corrected chi connectivity index (χ0v) is 19.6. The van der Waals surface area contributed by atoms with Gasteiger partial charge in [-0.1, -0.05) is 11.6 Å². The van der Waals surface area contributed by atoms with E-state index in [1.54, 1.807) is 17.6 Å². The smallest absolute Gasteiger partial charge is 0.243 e. The predicted molar refractivity (Wildman–Crippen MR) is 124 cm³/mol. The van der Waals surface area contributed by atoms with Crippen LogP contribution in [0.4, 0.5) is 0 Å². The van der Waals surface area contributed by atoms with Crippen molar-refractivity contribution >= 4 is 52.4 Å². The Balaban J connectivity index is 1.75. The summed E-state index contributed by atoms with van der Waals surface area (Å²) >= 11 is 8.65. The number of ether oxygens (including phenoxy) is 2. The molecular formula is C20H25ClN4O5S2. The highest BCUT2D eigenvalue weighted by Gasteiger charge is 2.22. The molecule has 4 N–H and O–H groups in total. The average molecular weight is 501 g/mol. The summed E-state index contributed by atoms with van der Waals surface area (Å²) in [4.78, 5) is 40.7. The summed E-state index contributed by atoms with van der Waals surface area (Å²) in [7, 11) is 0. The van der Waals surface area contributed by atoms with E-state index in [2.05, 4.69) is 15.6 Å². The number of amides is 3. The summed E-state index contributed by atoms with van der Waals surface area (Å²) in [5, 5.41) is 7.99. The maximum absolute atomic E-state index is 12.6. The molecule has 0 fully saturated rings. The highest BCUT2D eigenvalue weighted by Crippen LogP contribution is 2.20. The molecule has 0 saturated heterocycles. The number of hydrogen-bond donors (Lipinski definition) is 3. The third kappa shape index (κ3) is 10.9. The Morgan fingerprint density at radius 1 is 1.16 bits per heavy atom. The summed E-state index contributed by atoms with van der Waals surface area (Å²) in [6, 6.07) is 6.42. The molecule has 1 aromatic heterocycles. The Labute approximate surface area is 199 Å².